The fraction of sp³-hybridized carbons (Fsp3) is 0.214. The third-order valence-corrected chi connectivity index (χ3v) is 1.99. The lowest BCUT2D eigenvalue weighted by molar-refractivity contribution is -0.132. The molecule has 0 fully saturated rings. The molecule has 0 atom stereocenters. The second-order valence-corrected chi connectivity index (χ2v) is 3.45. The summed E-state index contributed by atoms with van der Waals surface area (Å²) >= 11 is 0. The minimum atomic E-state index is -0.522. The van der Waals surface area contributed by atoms with Gasteiger partial charge >= 0.3 is 5.97 Å². The van der Waals surface area contributed by atoms with Crippen molar-refractivity contribution in [2.24, 2.45) is 0 Å². The first-order valence-electron chi connectivity index (χ1n) is 5.51. The van der Waals surface area contributed by atoms with E-state index in [-0.39, 0.29) is 0 Å². The summed E-state index contributed by atoms with van der Waals surface area (Å²) in [5.41, 5.74) is 1.19. The number of hydrogen-bond donors (Lipinski definition) is 0. The van der Waals surface area contributed by atoms with Crippen LogP contribution in [0.15, 0.2) is 49.4 Å². The average molecular weight is 248 g/mol. The molecule has 18 heavy (non-hydrogen) atoms. The van der Waals surface area contributed by atoms with Crippen molar-refractivity contribution in [3.8, 4) is 5.75 Å². The van der Waals surface area contributed by atoms with E-state index in [0.717, 1.165) is 18.1 Å². The van der Waals surface area contributed by atoms with Crippen LogP contribution in [0.3, 0.4) is 0 Å². The van der Waals surface area contributed by atoms with Crippen molar-refractivity contribution in [3.63, 3.8) is 0 Å². The van der Waals surface area contributed by atoms with Crippen LogP contribution in [-0.2, 0) is 14.3 Å². The molecule has 0 aromatic heterocycles. The normalized spacial score (nSPS) is 10.1. The van der Waals surface area contributed by atoms with Gasteiger partial charge in [-0.2, -0.15) is 0 Å². The summed E-state index contributed by atoms with van der Waals surface area (Å²) in [4.78, 5) is 10.6. The molecule has 0 aliphatic carbocycles. The maximum Gasteiger partial charge on any atom is 0.335 e. The Morgan fingerprint density at radius 3 is 2.61 bits per heavy atom. The van der Waals surface area contributed by atoms with Crippen LogP contribution in [0.25, 0.3) is 0 Å². The third kappa shape index (κ3) is 5.75. The molecule has 0 N–H and O–H groups in total. The third-order valence-electron chi connectivity index (χ3n) is 1.99. The van der Waals surface area contributed by atoms with Crippen LogP contribution in [0, 0.1) is 6.92 Å². The summed E-state index contributed by atoms with van der Waals surface area (Å²) in [6.07, 6.45) is 3.53. The zero-order valence-corrected chi connectivity index (χ0v) is 10.3. The van der Waals surface area contributed by atoms with Gasteiger partial charge < -0.3 is 14.2 Å². The van der Waals surface area contributed by atoms with E-state index in [4.69, 9.17) is 9.47 Å². The van der Waals surface area contributed by atoms with Crippen molar-refractivity contribution in [2.75, 3.05) is 13.2 Å². The van der Waals surface area contributed by atoms with Gasteiger partial charge in [-0.15, -0.1) is 0 Å². The summed E-state index contributed by atoms with van der Waals surface area (Å²) in [5.74, 6) is 0.275. The molecule has 4 nitrogen and oxygen atoms in total. The van der Waals surface area contributed by atoms with Crippen molar-refractivity contribution in [3.05, 3.63) is 55.0 Å². The maximum atomic E-state index is 10.6. The number of benzene rings is 1. The molecule has 0 bridgehead atoms. The maximum absolute atomic E-state index is 10.6. The molecular weight excluding hydrogens is 232 g/mol. The van der Waals surface area contributed by atoms with Crippen molar-refractivity contribution >= 4 is 5.97 Å². The second-order valence-electron chi connectivity index (χ2n) is 3.45. The Kier molecular flexibility index (Phi) is 6.11. The standard InChI is InChI=1S/C14H16O4/c1-3-14(15)18-11-9-16-8-10-17-13-6-4-12(2)5-7-13/h3-7,9,11H,1,8,10H2,2H3/b11-9-. The molecular formula is C14H16O4. The van der Waals surface area contributed by atoms with E-state index < -0.39 is 5.97 Å². The van der Waals surface area contributed by atoms with E-state index in [1.807, 2.05) is 31.2 Å². The number of ether oxygens (including phenoxy) is 3. The predicted molar refractivity (Wildman–Crippen MR) is 68.1 cm³/mol. The number of rotatable bonds is 7. The highest BCUT2D eigenvalue weighted by atomic mass is 16.5. The van der Waals surface area contributed by atoms with Gasteiger partial charge in [-0.1, -0.05) is 24.3 Å². The fourth-order valence-electron chi connectivity index (χ4n) is 1.09. The lowest BCUT2D eigenvalue weighted by Crippen LogP contribution is -2.04. The predicted octanol–water partition coefficient (Wildman–Crippen LogP) is 2.59. The number of aryl methyl sites for hydroxylation is 1. The largest absolute Gasteiger partial charge is 0.494 e. The van der Waals surface area contributed by atoms with Gasteiger partial charge in [0.25, 0.3) is 0 Å². The summed E-state index contributed by atoms with van der Waals surface area (Å²) < 4.78 is 15.0. The first-order chi connectivity index (χ1) is 8.72. The van der Waals surface area contributed by atoms with Crippen molar-refractivity contribution in [2.45, 2.75) is 6.92 Å². The first-order valence-corrected chi connectivity index (χ1v) is 5.51. The Balaban J connectivity index is 2.10. The highest BCUT2D eigenvalue weighted by Gasteiger charge is 1.92. The van der Waals surface area contributed by atoms with Gasteiger partial charge in [0.05, 0.1) is 0 Å². The minimum Gasteiger partial charge on any atom is -0.494 e. The Morgan fingerprint density at radius 1 is 1.22 bits per heavy atom. The summed E-state index contributed by atoms with van der Waals surface area (Å²) in [6.45, 7) is 6.07. The Morgan fingerprint density at radius 2 is 1.94 bits per heavy atom. The van der Waals surface area contributed by atoms with Crippen molar-refractivity contribution in [1.82, 2.24) is 0 Å². The molecule has 0 heterocycles. The average Bonchev–Trinajstić information content (AvgIpc) is 2.39. The Bertz CT molecular complexity index is 406. The van der Waals surface area contributed by atoms with Crippen LogP contribution in [0.1, 0.15) is 5.56 Å². The van der Waals surface area contributed by atoms with Crippen LogP contribution in [0.5, 0.6) is 5.75 Å². The van der Waals surface area contributed by atoms with Crippen LogP contribution in [-0.4, -0.2) is 19.2 Å². The molecule has 0 saturated carbocycles. The van der Waals surface area contributed by atoms with Gasteiger partial charge in [-0.25, -0.2) is 4.79 Å². The van der Waals surface area contributed by atoms with Gasteiger partial charge in [0.15, 0.2) is 0 Å². The van der Waals surface area contributed by atoms with Crippen molar-refractivity contribution in [1.29, 1.82) is 0 Å². The molecule has 0 aliphatic rings. The Hall–Kier alpha value is -2.23. The van der Waals surface area contributed by atoms with Gasteiger partial charge in [0, 0.05) is 6.08 Å². The highest BCUT2D eigenvalue weighted by Crippen LogP contribution is 2.10. The van der Waals surface area contributed by atoms with Gasteiger partial charge in [-0.05, 0) is 19.1 Å². The molecule has 0 amide bonds. The van der Waals surface area contributed by atoms with E-state index in [0.29, 0.717) is 13.2 Å². The van der Waals surface area contributed by atoms with Crippen LogP contribution < -0.4 is 4.74 Å². The number of carbonyl (C=O) groups is 1. The first kappa shape index (κ1) is 13.8. The molecule has 0 saturated heterocycles. The van der Waals surface area contributed by atoms with Gasteiger partial charge in [-0.3, -0.25) is 0 Å². The lowest BCUT2D eigenvalue weighted by atomic mass is 10.2. The van der Waals surface area contributed by atoms with Gasteiger partial charge in [0.1, 0.15) is 31.5 Å². The molecule has 4 heteroatoms. The smallest absolute Gasteiger partial charge is 0.335 e. The number of esters is 1. The van der Waals surface area contributed by atoms with Crippen molar-refractivity contribution < 1.29 is 19.0 Å². The van der Waals surface area contributed by atoms with Crippen LogP contribution in [0.2, 0.25) is 0 Å². The zero-order chi connectivity index (χ0) is 13.2. The molecule has 1 aromatic rings. The molecule has 0 aliphatic heterocycles. The van der Waals surface area contributed by atoms with Crippen LogP contribution in [0.4, 0.5) is 0 Å². The van der Waals surface area contributed by atoms with E-state index >= 15 is 0 Å². The number of carbonyl (C=O) groups excluding carboxylic acids is 1. The lowest BCUT2D eigenvalue weighted by Gasteiger charge is -2.05. The number of hydrogen-bond acceptors (Lipinski definition) is 4. The van der Waals surface area contributed by atoms with E-state index in [2.05, 4.69) is 11.3 Å². The molecule has 0 unspecified atom stereocenters. The van der Waals surface area contributed by atoms with Gasteiger partial charge in [0.2, 0.25) is 0 Å². The monoisotopic (exact) mass is 248 g/mol. The highest BCUT2D eigenvalue weighted by molar-refractivity contribution is 5.81. The second kappa shape index (κ2) is 7.95. The quantitative estimate of drug-likeness (QED) is 0.322. The van der Waals surface area contributed by atoms with Crippen LogP contribution >= 0.6 is 0 Å². The molecule has 1 aromatic carbocycles. The van der Waals surface area contributed by atoms with E-state index in [9.17, 15) is 4.79 Å². The molecule has 0 spiro atoms. The topological polar surface area (TPSA) is 44.8 Å². The summed E-state index contributed by atoms with van der Waals surface area (Å²) in [7, 11) is 0. The molecule has 96 valence electrons. The summed E-state index contributed by atoms with van der Waals surface area (Å²) in [6, 6.07) is 7.75. The van der Waals surface area contributed by atoms with E-state index in [1.165, 1.54) is 11.8 Å². The minimum absolute atomic E-state index is 0.371. The zero-order valence-electron chi connectivity index (χ0n) is 10.3. The molecule has 1 rings (SSSR count). The SMILES string of the molecule is C=CC(=O)O/C=C\OCCOc1ccc(C)cc1. The summed E-state index contributed by atoms with van der Waals surface area (Å²) in [5, 5.41) is 0. The van der Waals surface area contributed by atoms with E-state index in [1.54, 1.807) is 0 Å². The fourth-order valence-corrected chi connectivity index (χ4v) is 1.09. The Labute approximate surface area is 106 Å². The molecule has 0 radical (unpaired) electrons.